The van der Waals surface area contributed by atoms with Gasteiger partial charge in [-0.3, -0.25) is 4.90 Å². The lowest BCUT2D eigenvalue weighted by molar-refractivity contribution is 0.204. The summed E-state index contributed by atoms with van der Waals surface area (Å²) in [5, 5.41) is 3.46. The van der Waals surface area contributed by atoms with Gasteiger partial charge in [0.25, 0.3) is 0 Å². The Balaban J connectivity index is 1.93. The minimum Gasteiger partial charge on any atom is -0.494 e. The van der Waals surface area contributed by atoms with Crippen molar-refractivity contribution in [3.63, 3.8) is 0 Å². The van der Waals surface area contributed by atoms with Crippen molar-refractivity contribution in [2.24, 2.45) is 0 Å². The van der Waals surface area contributed by atoms with Gasteiger partial charge in [0.2, 0.25) is 0 Å². The van der Waals surface area contributed by atoms with Crippen molar-refractivity contribution in [1.29, 1.82) is 0 Å². The SMILES string of the molecule is CCOc1ccc(N(C)CC2CNCCN2C)cc1. The van der Waals surface area contributed by atoms with Gasteiger partial charge in [0.15, 0.2) is 0 Å². The average molecular weight is 263 g/mol. The second-order valence-corrected chi connectivity index (χ2v) is 5.15. The molecule has 1 N–H and O–H groups in total. The van der Waals surface area contributed by atoms with Gasteiger partial charge in [0.1, 0.15) is 5.75 Å². The molecule has 1 saturated heterocycles. The summed E-state index contributed by atoms with van der Waals surface area (Å²) in [5.41, 5.74) is 1.24. The molecule has 1 aliphatic rings. The third kappa shape index (κ3) is 3.85. The first-order valence-electron chi connectivity index (χ1n) is 7.05. The maximum Gasteiger partial charge on any atom is 0.119 e. The van der Waals surface area contributed by atoms with Crippen molar-refractivity contribution >= 4 is 5.69 Å². The Hall–Kier alpha value is -1.26. The number of piperazine rings is 1. The molecule has 4 heteroatoms. The lowest BCUT2D eigenvalue weighted by atomic mass is 10.2. The molecule has 1 heterocycles. The van der Waals surface area contributed by atoms with Crippen LogP contribution in [0.1, 0.15) is 6.92 Å². The minimum atomic E-state index is 0.574. The van der Waals surface area contributed by atoms with E-state index in [0.717, 1.165) is 31.9 Å². The summed E-state index contributed by atoms with van der Waals surface area (Å²) >= 11 is 0. The molecule has 1 unspecified atom stereocenters. The first-order chi connectivity index (χ1) is 9.20. The normalized spacial score (nSPS) is 20.3. The maximum absolute atomic E-state index is 5.47. The highest BCUT2D eigenvalue weighted by Gasteiger charge is 2.20. The van der Waals surface area contributed by atoms with E-state index >= 15 is 0 Å². The maximum atomic E-state index is 5.47. The molecule has 1 atom stereocenters. The van der Waals surface area contributed by atoms with Crippen LogP contribution in [0.3, 0.4) is 0 Å². The molecule has 2 rings (SSSR count). The van der Waals surface area contributed by atoms with Gasteiger partial charge in [0, 0.05) is 45.0 Å². The first kappa shape index (κ1) is 14.2. The quantitative estimate of drug-likeness (QED) is 0.869. The zero-order chi connectivity index (χ0) is 13.7. The van der Waals surface area contributed by atoms with Crippen molar-refractivity contribution in [2.75, 3.05) is 51.8 Å². The van der Waals surface area contributed by atoms with Crippen LogP contribution in [0.15, 0.2) is 24.3 Å². The van der Waals surface area contributed by atoms with Crippen LogP contribution in [0, 0.1) is 0 Å². The number of anilines is 1. The van der Waals surface area contributed by atoms with Crippen LogP contribution in [-0.2, 0) is 0 Å². The Labute approximate surface area is 116 Å². The van der Waals surface area contributed by atoms with Crippen molar-refractivity contribution < 1.29 is 4.74 Å². The lowest BCUT2D eigenvalue weighted by Crippen LogP contribution is -2.53. The summed E-state index contributed by atoms with van der Waals surface area (Å²) in [4.78, 5) is 4.74. The third-order valence-electron chi connectivity index (χ3n) is 3.72. The molecular formula is C15H25N3O. The van der Waals surface area contributed by atoms with Crippen LogP contribution >= 0.6 is 0 Å². The van der Waals surface area contributed by atoms with Gasteiger partial charge in [-0.15, -0.1) is 0 Å². The molecule has 0 bridgehead atoms. The van der Waals surface area contributed by atoms with E-state index in [1.165, 1.54) is 5.69 Å². The van der Waals surface area contributed by atoms with Crippen LogP contribution in [0.4, 0.5) is 5.69 Å². The van der Waals surface area contributed by atoms with Crippen molar-refractivity contribution in [3.8, 4) is 5.75 Å². The highest BCUT2D eigenvalue weighted by Crippen LogP contribution is 2.19. The van der Waals surface area contributed by atoms with Crippen molar-refractivity contribution in [1.82, 2.24) is 10.2 Å². The van der Waals surface area contributed by atoms with Gasteiger partial charge < -0.3 is 15.0 Å². The molecule has 0 aromatic heterocycles. The topological polar surface area (TPSA) is 27.7 Å². The van der Waals surface area contributed by atoms with Crippen LogP contribution in [0.5, 0.6) is 5.75 Å². The Morgan fingerprint density at radius 1 is 1.37 bits per heavy atom. The minimum absolute atomic E-state index is 0.574. The summed E-state index contributed by atoms with van der Waals surface area (Å²) < 4.78 is 5.47. The van der Waals surface area contributed by atoms with Crippen LogP contribution in [-0.4, -0.2) is 57.8 Å². The second-order valence-electron chi connectivity index (χ2n) is 5.15. The van der Waals surface area contributed by atoms with Gasteiger partial charge in [-0.05, 0) is 38.2 Å². The van der Waals surface area contributed by atoms with E-state index in [0.29, 0.717) is 12.6 Å². The molecule has 0 radical (unpaired) electrons. The molecule has 1 aromatic rings. The van der Waals surface area contributed by atoms with Gasteiger partial charge in [-0.2, -0.15) is 0 Å². The molecule has 106 valence electrons. The fraction of sp³-hybridized carbons (Fsp3) is 0.600. The molecule has 0 spiro atoms. The van der Waals surface area contributed by atoms with E-state index in [1.807, 2.05) is 19.1 Å². The molecule has 4 nitrogen and oxygen atoms in total. The van der Waals surface area contributed by atoms with Crippen LogP contribution in [0.2, 0.25) is 0 Å². The first-order valence-corrected chi connectivity index (χ1v) is 7.05. The lowest BCUT2D eigenvalue weighted by Gasteiger charge is -2.36. The van der Waals surface area contributed by atoms with Crippen LogP contribution < -0.4 is 15.0 Å². The van der Waals surface area contributed by atoms with Gasteiger partial charge >= 0.3 is 0 Å². The van der Waals surface area contributed by atoms with E-state index in [1.54, 1.807) is 0 Å². The number of hydrogen-bond acceptors (Lipinski definition) is 4. The molecule has 1 aromatic carbocycles. The highest BCUT2D eigenvalue weighted by molar-refractivity contribution is 5.48. The third-order valence-corrected chi connectivity index (χ3v) is 3.72. The summed E-state index contributed by atoms with van der Waals surface area (Å²) in [5.74, 6) is 0.941. The zero-order valence-electron chi connectivity index (χ0n) is 12.2. The smallest absolute Gasteiger partial charge is 0.119 e. The molecular weight excluding hydrogens is 238 g/mol. The molecule has 1 fully saturated rings. The molecule has 0 amide bonds. The van der Waals surface area contributed by atoms with E-state index < -0.39 is 0 Å². The Morgan fingerprint density at radius 2 is 2.11 bits per heavy atom. The van der Waals surface area contributed by atoms with E-state index in [-0.39, 0.29) is 0 Å². The van der Waals surface area contributed by atoms with Gasteiger partial charge in [0.05, 0.1) is 6.61 Å². The van der Waals surface area contributed by atoms with Gasteiger partial charge in [-0.25, -0.2) is 0 Å². The Bertz CT molecular complexity index is 379. The van der Waals surface area contributed by atoms with E-state index in [4.69, 9.17) is 4.74 Å². The Kier molecular flexibility index (Phi) is 5.05. The van der Waals surface area contributed by atoms with Crippen molar-refractivity contribution in [3.05, 3.63) is 24.3 Å². The zero-order valence-corrected chi connectivity index (χ0v) is 12.2. The summed E-state index contributed by atoms with van der Waals surface area (Å²) in [6.45, 7) is 7.05. The summed E-state index contributed by atoms with van der Waals surface area (Å²) in [6, 6.07) is 8.91. The standard InChI is InChI=1S/C15H25N3O/c1-4-19-15-7-5-13(6-8-15)18(3)12-14-11-16-9-10-17(14)2/h5-8,14,16H,4,9-12H2,1-3H3. The molecule has 1 aliphatic heterocycles. The average Bonchev–Trinajstić information content (AvgIpc) is 2.42. The number of rotatable bonds is 5. The number of hydrogen-bond donors (Lipinski definition) is 1. The Morgan fingerprint density at radius 3 is 2.74 bits per heavy atom. The fourth-order valence-corrected chi connectivity index (χ4v) is 2.45. The second kappa shape index (κ2) is 6.78. The predicted octanol–water partition coefficient (Wildman–Crippen LogP) is 1.43. The fourth-order valence-electron chi connectivity index (χ4n) is 2.45. The van der Waals surface area contributed by atoms with Crippen molar-refractivity contribution in [2.45, 2.75) is 13.0 Å². The number of likely N-dealkylation sites (N-methyl/N-ethyl adjacent to an activating group) is 2. The number of nitrogens with one attached hydrogen (secondary N) is 1. The molecule has 0 aliphatic carbocycles. The highest BCUT2D eigenvalue weighted by atomic mass is 16.5. The predicted molar refractivity (Wildman–Crippen MR) is 80.2 cm³/mol. The summed E-state index contributed by atoms with van der Waals surface area (Å²) in [6.07, 6.45) is 0. The number of nitrogens with zero attached hydrogens (tertiary/aromatic N) is 2. The van der Waals surface area contributed by atoms with E-state index in [2.05, 4.69) is 41.3 Å². The van der Waals surface area contributed by atoms with Gasteiger partial charge in [-0.1, -0.05) is 0 Å². The monoisotopic (exact) mass is 263 g/mol. The largest absolute Gasteiger partial charge is 0.494 e. The van der Waals surface area contributed by atoms with Crippen LogP contribution in [0.25, 0.3) is 0 Å². The number of ether oxygens (including phenoxy) is 1. The number of benzene rings is 1. The molecule has 0 saturated carbocycles. The summed E-state index contributed by atoms with van der Waals surface area (Å²) in [7, 11) is 4.36. The molecule has 19 heavy (non-hydrogen) atoms. The van der Waals surface area contributed by atoms with E-state index in [9.17, 15) is 0 Å².